The number of hydrogen-bond donors (Lipinski definition) is 0. The van der Waals surface area contributed by atoms with E-state index in [0.29, 0.717) is 0 Å². The van der Waals surface area contributed by atoms with Gasteiger partial charge in [-0.05, 0) is 31.5 Å². The lowest BCUT2D eigenvalue weighted by Crippen LogP contribution is -2.37. The van der Waals surface area contributed by atoms with Gasteiger partial charge in [0.15, 0.2) is 0 Å². The Kier molecular flexibility index (Phi) is 4.81. The smallest absolute Gasteiger partial charge is 0.141 e. The van der Waals surface area contributed by atoms with Crippen LogP contribution in [0.5, 0.6) is 0 Å². The Bertz CT molecular complexity index is 849. The van der Waals surface area contributed by atoms with Crippen molar-refractivity contribution >= 4 is 11.0 Å². The normalized spacial score (nSPS) is 15.7. The van der Waals surface area contributed by atoms with Gasteiger partial charge in [-0.3, -0.25) is 4.90 Å². The number of aryl methyl sites for hydroxylation is 2. The number of morpholine rings is 1. The van der Waals surface area contributed by atoms with Crippen molar-refractivity contribution in [3.8, 4) is 11.4 Å². The molecule has 0 atom stereocenters. The number of ether oxygens (including phenoxy) is 1. The molecule has 0 aliphatic carbocycles. The quantitative estimate of drug-likeness (QED) is 0.712. The molecule has 4 rings (SSSR count). The van der Waals surface area contributed by atoms with E-state index in [2.05, 4.69) is 64.9 Å². The Morgan fingerprint density at radius 1 is 1.00 bits per heavy atom. The number of aromatic nitrogens is 2. The van der Waals surface area contributed by atoms with Crippen molar-refractivity contribution in [2.45, 2.75) is 19.9 Å². The van der Waals surface area contributed by atoms with Gasteiger partial charge in [0.05, 0.1) is 24.2 Å². The number of fused-ring (bicyclic) bond motifs is 1. The Morgan fingerprint density at radius 2 is 1.84 bits per heavy atom. The molecule has 0 spiro atoms. The van der Waals surface area contributed by atoms with Crippen molar-refractivity contribution in [2.24, 2.45) is 0 Å². The first kappa shape index (κ1) is 16.3. The van der Waals surface area contributed by atoms with Crippen molar-refractivity contribution in [3.63, 3.8) is 0 Å². The Balaban J connectivity index is 1.60. The summed E-state index contributed by atoms with van der Waals surface area (Å²) in [6.45, 7) is 8.06. The summed E-state index contributed by atoms with van der Waals surface area (Å²) in [7, 11) is 0. The molecule has 1 aliphatic heterocycles. The van der Waals surface area contributed by atoms with Crippen LogP contribution in [0.15, 0.2) is 48.5 Å². The van der Waals surface area contributed by atoms with E-state index in [0.717, 1.165) is 57.2 Å². The van der Waals surface area contributed by atoms with E-state index < -0.39 is 0 Å². The monoisotopic (exact) mass is 335 g/mol. The van der Waals surface area contributed by atoms with Gasteiger partial charge in [-0.2, -0.15) is 0 Å². The van der Waals surface area contributed by atoms with E-state index in [1.807, 2.05) is 0 Å². The first-order chi connectivity index (χ1) is 12.3. The van der Waals surface area contributed by atoms with Gasteiger partial charge in [0.25, 0.3) is 0 Å². The summed E-state index contributed by atoms with van der Waals surface area (Å²) in [6, 6.07) is 17.1. The van der Waals surface area contributed by atoms with E-state index >= 15 is 0 Å². The van der Waals surface area contributed by atoms with Crippen molar-refractivity contribution < 1.29 is 4.74 Å². The summed E-state index contributed by atoms with van der Waals surface area (Å²) >= 11 is 0. The molecule has 0 unspecified atom stereocenters. The van der Waals surface area contributed by atoms with Crippen LogP contribution >= 0.6 is 0 Å². The second-order valence-electron chi connectivity index (χ2n) is 6.75. The first-order valence-electron chi connectivity index (χ1n) is 9.14. The molecule has 130 valence electrons. The Morgan fingerprint density at radius 3 is 2.68 bits per heavy atom. The maximum absolute atomic E-state index is 5.44. The van der Waals surface area contributed by atoms with Crippen LogP contribution in [0.4, 0.5) is 0 Å². The maximum Gasteiger partial charge on any atom is 0.141 e. The van der Waals surface area contributed by atoms with E-state index in [1.165, 1.54) is 16.6 Å². The number of para-hydroxylation sites is 2. The van der Waals surface area contributed by atoms with Gasteiger partial charge in [0.2, 0.25) is 0 Å². The molecule has 0 radical (unpaired) electrons. The van der Waals surface area contributed by atoms with E-state index in [4.69, 9.17) is 9.72 Å². The minimum atomic E-state index is 0.864. The second kappa shape index (κ2) is 7.38. The van der Waals surface area contributed by atoms with Gasteiger partial charge in [0.1, 0.15) is 5.82 Å². The van der Waals surface area contributed by atoms with Gasteiger partial charge >= 0.3 is 0 Å². The van der Waals surface area contributed by atoms with Crippen molar-refractivity contribution in [2.75, 3.05) is 32.8 Å². The number of nitrogens with zero attached hydrogens (tertiary/aromatic N) is 3. The molecule has 1 saturated heterocycles. The van der Waals surface area contributed by atoms with Crippen LogP contribution in [0.1, 0.15) is 12.0 Å². The third-order valence-corrected chi connectivity index (χ3v) is 4.89. The third-order valence-electron chi connectivity index (χ3n) is 4.89. The third kappa shape index (κ3) is 3.60. The van der Waals surface area contributed by atoms with Crippen LogP contribution in [0.3, 0.4) is 0 Å². The van der Waals surface area contributed by atoms with Crippen LogP contribution < -0.4 is 0 Å². The summed E-state index contributed by atoms with van der Waals surface area (Å²) in [4.78, 5) is 7.41. The Labute approximate surface area is 149 Å². The molecular weight excluding hydrogens is 310 g/mol. The lowest BCUT2D eigenvalue weighted by atomic mass is 10.1. The van der Waals surface area contributed by atoms with Crippen molar-refractivity contribution in [1.29, 1.82) is 0 Å². The summed E-state index contributed by atoms with van der Waals surface area (Å²) in [5.41, 5.74) is 4.76. The zero-order valence-electron chi connectivity index (χ0n) is 14.8. The fourth-order valence-electron chi connectivity index (χ4n) is 3.58. The van der Waals surface area contributed by atoms with Crippen molar-refractivity contribution in [1.82, 2.24) is 14.5 Å². The van der Waals surface area contributed by atoms with Crippen LogP contribution in [-0.4, -0.2) is 47.3 Å². The van der Waals surface area contributed by atoms with Crippen molar-refractivity contribution in [3.05, 3.63) is 54.1 Å². The molecule has 0 saturated carbocycles. The molecule has 2 aromatic carbocycles. The molecule has 0 bridgehead atoms. The van der Waals surface area contributed by atoms with E-state index in [-0.39, 0.29) is 0 Å². The number of benzene rings is 2. The fourth-order valence-corrected chi connectivity index (χ4v) is 3.58. The van der Waals surface area contributed by atoms with Crippen LogP contribution in [0.25, 0.3) is 22.4 Å². The molecule has 4 nitrogen and oxygen atoms in total. The molecule has 3 aromatic rings. The second-order valence-corrected chi connectivity index (χ2v) is 6.75. The molecular formula is C21H25N3O. The molecule has 2 heterocycles. The molecule has 1 fully saturated rings. The average molecular weight is 335 g/mol. The fraction of sp³-hybridized carbons (Fsp3) is 0.381. The van der Waals surface area contributed by atoms with Gasteiger partial charge in [-0.1, -0.05) is 35.9 Å². The first-order valence-corrected chi connectivity index (χ1v) is 9.14. The standard InChI is InChI=1S/C21H25N3O/c1-17-6-4-7-18(16-17)21-22-19-8-2-3-9-20(19)24(21)11-5-10-23-12-14-25-15-13-23/h2-4,6-9,16H,5,10-15H2,1H3. The molecule has 25 heavy (non-hydrogen) atoms. The predicted molar refractivity (Wildman–Crippen MR) is 102 cm³/mol. The highest BCUT2D eigenvalue weighted by Crippen LogP contribution is 2.25. The number of rotatable bonds is 5. The van der Waals surface area contributed by atoms with Gasteiger partial charge in [0, 0.05) is 31.7 Å². The largest absolute Gasteiger partial charge is 0.379 e. The zero-order chi connectivity index (χ0) is 17.1. The Hall–Kier alpha value is -2.17. The van der Waals surface area contributed by atoms with Crippen LogP contribution in [0, 0.1) is 6.92 Å². The van der Waals surface area contributed by atoms with Crippen LogP contribution in [0.2, 0.25) is 0 Å². The lowest BCUT2D eigenvalue weighted by Gasteiger charge is -2.26. The average Bonchev–Trinajstić information content (AvgIpc) is 3.02. The highest BCUT2D eigenvalue weighted by molar-refractivity contribution is 5.80. The summed E-state index contributed by atoms with van der Waals surface area (Å²) in [5.74, 6) is 1.08. The van der Waals surface area contributed by atoms with Gasteiger partial charge in [-0.25, -0.2) is 4.98 Å². The molecule has 4 heteroatoms. The predicted octanol–water partition coefficient (Wildman–Crippen LogP) is 3.73. The maximum atomic E-state index is 5.44. The molecule has 1 aliphatic rings. The lowest BCUT2D eigenvalue weighted by molar-refractivity contribution is 0.0370. The number of imidazole rings is 1. The molecule has 0 amide bonds. The summed E-state index contributed by atoms with van der Waals surface area (Å²) < 4.78 is 7.82. The minimum absolute atomic E-state index is 0.864. The van der Waals surface area contributed by atoms with E-state index in [9.17, 15) is 0 Å². The molecule has 0 N–H and O–H groups in total. The summed E-state index contributed by atoms with van der Waals surface area (Å²) in [5, 5.41) is 0. The molecule has 1 aromatic heterocycles. The van der Waals surface area contributed by atoms with E-state index in [1.54, 1.807) is 0 Å². The topological polar surface area (TPSA) is 30.3 Å². The highest BCUT2D eigenvalue weighted by atomic mass is 16.5. The van der Waals surface area contributed by atoms with Gasteiger partial charge < -0.3 is 9.30 Å². The van der Waals surface area contributed by atoms with Gasteiger partial charge in [-0.15, -0.1) is 0 Å². The number of hydrogen-bond acceptors (Lipinski definition) is 3. The van der Waals surface area contributed by atoms with Crippen LogP contribution in [-0.2, 0) is 11.3 Å². The SMILES string of the molecule is Cc1cccc(-c2nc3ccccc3n2CCCN2CCOCC2)c1. The zero-order valence-corrected chi connectivity index (χ0v) is 14.8. The minimum Gasteiger partial charge on any atom is -0.379 e. The summed E-state index contributed by atoms with van der Waals surface area (Å²) in [6.07, 6.45) is 1.12. The highest BCUT2D eigenvalue weighted by Gasteiger charge is 2.14.